The van der Waals surface area contributed by atoms with Crippen molar-refractivity contribution in [3.8, 4) is 5.75 Å². The summed E-state index contributed by atoms with van der Waals surface area (Å²) in [5, 5.41) is 4.24. The summed E-state index contributed by atoms with van der Waals surface area (Å²) in [6.45, 7) is 7.64. The molecular formula is C15H24BrNOS. The van der Waals surface area contributed by atoms with Crippen LogP contribution in [0, 0.1) is 0 Å². The third kappa shape index (κ3) is 6.19. The fourth-order valence-corrected chi connectivity index (χ4v) is 3.22. The van der Waals surface area contributed by atoms with Crippen LogP contribution in [0.2, 0.25) is 0 Å². The summed E-state index contributed by atoms with van der Waals surface area (Å²) < 4.78 is 6.56. The SMILES string of the molecule is CCNC(CSC(C)C)Cc1cc(Br)ccc1OC. The number of hydrogen-bond acceptors (Lipinski definition) is 3. The molecule has 0 spiro atoms. The van der Waals surface area contributed by atoms with E-state index < -0.39 is 0 Å². The summed E-state index contributed by atoms with van der Waals surface area (Å²) in [7, 11) is 1.73. The van der Waals surface area contributed by atoms with Crippen molar-refractivity contribution in [2.24, 2.45) is 0 Å². The van der Waals surface area contributed by atoms with Crippen LogP contribution in [0.15, 0.2) is 22.7 Å². The van der Waals surface area contributed by atoms with Gasteiger partial charge >= 0.3 is 0 Å². The number of likely N-dealkylation sites (N-methyl/N-ethyl adjacent to an activating group) is 1. The molecule has 0 fully saturated rings. The zero-order valence-corrected chi connectivity index (χ0v) is 14.6. The summed E-state index contributed by atoms with van der Waals surface area (Å²) in [6, 6.07) is 6.69. The highest BCUT2D eigenvalue weighted by Gasteiger charge is 2.13. The normalized spacial score (nSPS) is 12.7. The van der Waals surface area contributed by atoms with Gasteiger partial charge in [-0.3, -0.25) is 0 Å². The number of benzene rings is 1. The maximum Gasteiger partial charge on any atom is 0.122 e. The second-order valence-electron chi connectivity index (χ2n) is 4.80. The quantitative estimate of drug-likeness (QED) is 0.765. The summed E-state index contributed by atoms with van der Waals surface area (Å²) in [5.41, 5.74) is 1.26. The van der Waals surface area contributed by atoms with Crippen molar-refractivity contribution in [3.05, 3.63) is 28.2 Å². The molecule has 1 N–H and O–H groups in total. The zero-order valence-electron chi connectivity index (χ0n) is 12.2. The molecule has 0 radical (unpaired) electrons. The number of nitrogens with one attached hydrogen (secondary N) is 1. The fourth-order valence-electron chi connectivity index (χ4n) is 1.96. The molecule has 0 aliphatic rings. The Bertz CT molecular complexity index is 384. The van der Waals surface area contributed by atoms with Crippen molar-refractivity contribution in [1.82, 2.24) is 5.32 Å². The van der Waals surface area contributed by atoms with Crippen LogP contribution < -0.4 is 10.1 Å². The molecule has 2 nitrogen and oxygen atoms in total. The van der Waals surface area contributed by atoms with E-state index in [0.29, 0.717) is 11.3 Å². The number of rotatable bonds is 8. The third-order valence-corrected chi connectivity index (χ3v) is 4.59. The molecule has 1 aromatic carbocycles. The Balaban J connectivity index is 2.74. The Hall–Kier alpha value is -0.190. The molecule has 1 unspecified atom stereocenters. The predicted octanol–water partition coefficient (Wildman–Crippen LogP) is 4.12. The Morgan fingerprint density at radius 2 is 2.11 bits per heavy atom. The van der Waals surface area contributed by atoms with E-state index in [0.717, 1.165) is 28.9 Å². The molecule has 0 saturated carbocycles. The maximum absolute atomic E-state index is 5.45. The minimum Gasteiger partial charge on any atom is -0.496 e. The van der Waals surface area contributed by atoms with Crippen molar-refractivity contribution >= 4 is 27.7 Å². The molecule has 0 heterocycles. The molecule has 4 heteroatoms. The molecule has 19 heavy (non-hydrogen) atoms. The summed E-state index contributed by atoms with van der Waals surface area (Å²) in [6.07, 6.45) is 0.996. The molecule has 0 aliphatic heterocycles. The average Bonchev–Trinajstić information content (AvgIpc) is 2.36. The summed E-state index contributed by atoms with van der Waals surface area (Å²) in [4.78, 5) is 0. The van der Waals surface area contributed by atoms with Gasteiger partial charge in [0, 0.05) is 16.3 Å². The van der Waals surface area contributed by atoms with Crippen LogP contribution in [0.25, 0.3) is 0 Å². The Morgan fingerprint density at radius 3 is 2.68 bits per heavy atom. The molecule has 1 rings (SSSR count). The highest BCUT2D eigenvalue weighted by atomic mass is 79.9. The van der Waals surface area contributed by atoms with Crippen molar-refractivity contribution in [1.29, 1.82) is 0 Å². The van der Waals surface area contributed by atoms with Crippen LogP contribution in [0.3, 0.4) is 0 Å². The molecule has 108 valence electrons. The van der Waals surface area contributed by atoms with E-state index in [2.05, 4.69) is 48.1 Å². The van der Waals surface area contributed by atoms with Gasteiger partial charge in [-0.1, -0.05) is 36.7 Å². The predicted molar refractivity (Wildman–Crippen MR) is 89.5 cm³/mol. The molecule has 0 aromatic heterocycles. The second kappa shape index (κ2) is 8.88. The number of hydrogen-bond donors (Lipinski definition) is 1. The lowest BCUT2D eigenvalue weighted by molar-refractivity contribution is 0.406. The van der Waals surface area contributed by atoms with Gasteiger partial charge in [-0.15, -0.1) is 0 Å². The van der Waals surface area contributed by atoms with Crippen LogP contribution in [-0.2, 0) is 6.42 Å². The largest absolute Gasteiger partial charge is 0.496 e. The van der Waals surface area contributed by atoms with Crippen LogP contribution in [0.1, 0.15) is 26.3 Å². The van der Waals surface area contributed by atoms with E-state index in [4.69, 9.17) is 4.74 Å². The Labute approximate surface area is 129 Å². The van der Waals surface area contributed by atoms with Gasteiger partial charge in [0.1, 0.15) is 5.75 Å². The number of ether oxygens (including phenoxy) is 1. The van der Waals surface area contributed by atoms with Gasteiger partial charge in [0.25, 0.3) is 0 Å². The summed E-state index contributed by atoms with van der Waals surface area (Å²) >= 11 is 5.54. The Kier molecular flexibility index (Phi) is 7.88. The number of methoxy groups -OCH3 is 1. The standard InChI is InChI=1S/C15H24BrNOS/c1-5-17-14(10-19-11(2)3)9-12-8-13(16)6-7-15(12)18-4/h6-8,11,14,17H,5,9-10H2,1-4H3. The second-order valence-corrected chi connectivity index (χ2v) is 7.32. The van der Waals surface area contributed by atoms with E-state index in [-0.39, 0.29) is 0 Å². The van der Waals surface area contributed by atoms with Gasteiger partial charge in [0.05, 0.1) is 7.11 Å². The maximum atomic E-state index is 5.45. The highest BCUT2D eigenvalue weighted by Crippen LogP contribution is 2.25. The fraction of sp³-hybridized carbons (Fsp3) is 0.600. The van der Waals surface area contributed by atoms with Gasteiger partial charge in [-0.25, -0.2) is 0 Å². The van der Waals surface area contributed by atoms with Gasteiger partial charge in [-0.2, -0.15) is 11.8 Å². The van der Waals surface area contributed by atoms with Crippen molar-refractivity contribution in [2.75, 3.05) is 19.4 Å². The molecule has 0 amide bonds. The molecular weight excluding hydrogens is 322 g/mol. The van der Waals surface area contributed by atoms with Crippen LogP contribution >= 0.6 is 27.7 Å². The molecule has 0 bridgehead atoms. The highest BCUT2D eigenvalue weighted by molar-refractivity contribution is 9.10. The first-order chi connectivity index (χ1) is 9.06. The van der Waals surface area contributed by atoms with Crippen molar-refractivity contribution < 1.29 is 4.74 Å². The van der Waals surface area contributed by atoms with Crippen LogP contribution in [-0.4, -0.2) is 30.7 Å². The zero-order chi connectivity index (χ0) is 14.3. The van der Waals surface area contributed by atoms with Gasteiger partial charge < -0.3 is 10.1 Å². The van der Waals surface area contributed by atoms with E-state index in [9.17, 15) is 0 Å². The number of halogens is 1. The van der Waals surface area contributed by atoms with E-state index in [1.165, 1.54) is 5.56 Å². The lowest BCUT2D eigenvalue weighted by atomic mass is 10.1. The van der Waals surface area contributed by atoms with Gasteiger partial charge in [0.2, 0.25) is 0 Å². The lowest BCUT2D eigenvalue weighted by Crippen LogP contribution is -2.33. The first-order valence-electron chi connectivity index (χ1n) is 6.74. The smallest absolute Gasteiger partial charge is 0.122 e. The first kappa shape index (κ1) is 16.9. The topological polar surface area (TPSA) is 21.3 Å². The van der Waals surface area contributed by atoms with Crippen LogP contribution in [0.4, 0.5) is 0 Å². The van der Waals surface area contributed by atoms with E-state index in [1.54, 1.807) is 7.11 Å². The van der Waals surface area contributed by atoms with Crippen molar-refractivity contribution in [2.45, 2.75) is 38.5 Å². The third-order valence-electron chi connectivity index (χ3n) is 2.83. The average molecular weight is 346 g/mol. The van der Waals surface area contributed by atoms with Crippen LogP contribution in [0.5, 0.6) is 5.75 Å². The summed E-state index contributed by atoms with van der Waals surface area (Å²) in [5.74, 6) is 2.10. The molecule has 1 aromatic rings. The number of thioether (sulfide) groups is 1. The van der Waals surface area contributed by atoms with E-state index >= 15 is 0 Å². The minimum absolute atomic E-state index is 0.487. The lowest BCUT2D eigenvalue weighted by Gasteiger charge is -2.20. The van der Waals surface area contributed by atoms with Gasteiger partial charge in [-0.05, 0) is 42.0 Å². The molecule has 0 aliphatic carbocycles. The first-order valence-corrected chi connectivity index (χ1v) is 8.58. The van der Waals surface area contributed by atoms with Crippen molar-refractivity contribution in [3.63, 3.8) is 0 Å². The Morgan fingerprint density at radius 1 is 1.37 bits per heavy atom. The monoisotopic (exact) mass is 345 g/mol. The molecule has 0 saturated heterocycles. The molecule has 1 atom stereocenters. The van der Waals surface area contributed by atoms with E-state index in [1.807, 2.05) is 23.9 Å². The minimum atomic E-state index is 0.487. The van der Waals surface area contributed by atoms with Gasteiger partial charge in [0.15, 0.2) is 0 Å².